The van der Waals surface area contributed by atoms with Crippen molar-refractivity contribution in [2.45, 2.75) is 25.4 Å². The van der Waals surface area contributed by atoms with Crippen LogP contribution in [0, 0.1) is 11.8 Å². The summed E-state index contributed by atoms with van der Waals surface area (Å²) in [6.45, 7) is 11.0. The largest absolute Gasteiger partial charge is 0.396 e. The first-order valence-corrected chi connectivity index (χ1v) is 10.7. The summed E-state index contributed by atoms with van der Waals surface area (Å²) in [5.74, 6) is 1.05. The molecule has 0 aliphatic carbocycles. The highest BCUT2D eigenvalue weighted by Gasteiger charge is 2.37. The van der Waals surface area contributed by atoms with Gasteiger partial charge in [-0.3, -0.25) is 14.7 Å². The summed E-state index contributed by atoms with van der Waals surface area (Å²) < 4.78 is 5.48. The van der Waals surface area contributed by atoms with Gasteiger partial charge in [-0.25, -0.2) is 0 Å². The Morgan fingerprint density at radius 2 is 1.59 bits per heavy atom. The molecule has 0 aromatic heterocycles. The Balaban J connectivity index is 1.25. The minimum Gasteiger partial charge on any atom is -0.396 e. The first-order valence-electron chi connectivity index (χ1n) is 10.7. The molecular weight excluding hydrogens is 338 g/mol. The molecule has 5 nitrogen and oxygen atoms in total. The molecule has 0 saturated carbocycles. The van der Waals surface area contributed by atoms with Crippen LogP contribution in [0.1, 0.15) is 18.4 Å². The highest BCUT2D eigenvalue weighted by molar-refractivity contribution is 5.14. The number of likely N-dealkylation sites (tertiary alicyclic amines) is 2. The molecule has 0 amide bonds. The van der Waals surface area contributed by atoms with Gasteiger partial charge in [-0.2, -0.15) is 0 Å². The van der Waals surface area contributed by atoms with Crippen molar-refractivity contribution >= 4 is 0 Å². The van der Waals surface area contributed by atoms with Crippen LogP contribution in [-0.2, 0) is 11.3 Å². The van der Waals surface area contributed by atoms with Crippen LogP contribution in [0.2, 0.25) is 0 Å². The van der Waals surface area contributed by atoms with Crippen molar-refractivity contribution in [3.63, 3.8) is 0 Å². The zero-order valence-electron chi connectivity index (χ0n) is 16.5. The Kier molecular flexibility index (Phi) is 6.79. The zero-order chi connectivity index (χ0) is 18.5. The molecule has 3 aliphatic rings. The van der Waals surface area contributed by atoms with Crippen molar-refractivity contribution in [2.24, 2.45) is 11.8 Å². The van der Waals surface area contributed by atoms with E-state index in [1.807, 2.05) is 0 Å². The summed E-state index contributed by atoms with van der Waals surface area (Å²) in [6.07, 6.45) is 2.52. The second kappa shape index (κ2) is 9.48. The predicted octanol–water partition coefficient (Wildman–Crippen LogP) is 1.52. The summed E-state index contributed by atoms with van der Waals surface area (Å²) in [5, 5.41) is 9.91. The minimum absolute atomic E-state index is 0.332. The molecule has 3 aliphatic heterocycles. The lowest BCUT2D eigenvalue weighted by Gasteiger charge is -2.37. The van der Waals surface area contributed by atoms with Crippen LogP contribution in [0.25, 0.3) is 0 Å². The smallest absolute Gasteiger partial charge is 0.0594 e. The van der Waals surface area contributed by atoms with E-state index >= 15 is 0 Å². The molecule has 27 heavy (non-hydrogen) atoms. The van der Waals surface area contributed by atoms with Gasteiger partial charge in [0.1, 0.15) is 0 Å². The van der Waals surface area contributed by atoms with Gasteiger partial charge in [0.2, 0.25) is 0 Å². The van der Waals surface area contributed by atoms with Gasteiger partial charge in [0, 0.05) is 51.9 Å². The Labute approximate surface area is 163 Å². The number of hydrogen-bond acceptors (Lipinski definition) is 5. The van der Waals surface area contributed by atoms with Crippen LogP contribution < -0.4 is 0 Å². The van der Waals surface area contributed by atoms with Gasteiger partial charge in [-0.1, -0.05) is 30.3 Å². The van der Waals surface area contributed by atoms with E-state index in [9.17, 15) is 5.11 Å². The van der Waals surface area contributed by atoms with E-state index in [0.29, 0.717) is 24.5 Å². The monoisotopic (exact) mass is 373 g/mol. The molecule has 0 spiro atoms. The molecule has 2 atom stereocenters. The van der Waals surface area contributed by atoms with Gasteiger partial charge in [0.25, 0.3) is 0 Å². The van der Waals surface area contributed by atoms with Crippen LogP contribution in [-0.4, -0.2) is 91.5 Å². The van der Waals surface area contributed by atoms with Crippen LogP contribution >= 0.6 is 0 Å². The molecule has 0 bridgehead atoms. The van der Waals surface area contributed by atoms with Gasteiger partial charge in [0.15, 0.2) is 0 Å². The van der Waals surface area contributed by atoms with E-state index in [1.165, 1.54) is 31.5 Å². The molecule has 4 rings (SSSR count). The third-order valence-corrected chi connectivity index (χ3v) is 6.76. The maximum absolute atomic E-state index is 9.91. The first-order chi connectivity index (χ1) is 13.3. The van der Waals surface area contributed by atoms with Crippen LogP contribution in [0.3, 0.4) is 0 Å². The molecule has 1 aromatic rings. The number of aliphatic hydroxyl groups is 1. The van der Waals surface area contributed by atoms with Crippen LogP contribution in [0.15, 0.2) is 30.3 Å². The molecular formula is C22H35N3O2. The first kappa shape index (κ1) is 19.3. The van der Waals surface area contributed by atoms with E-state index in [-0.39, 0.29) is 0 Å². The molecule has 1 aromatic carbocycles. The highest BCUT2D eigenvalue weighted by atomic mass is 16.5. The van der Waals surface area contributed by atoms with E-state index in [2.05, 4.69) is 45.0 Å². The van der Waals surface area contributed by atoms with E-state index in [0.717, 1.165) is 52.5 Å². The van der Waals surface area contributed by atoms with Crippen molar-refractivity contribution in [1.29, 1.82) is 0 Å². The summed E-state index contributed by atoms with van der Waals surface area (Å²) >= 11 is 0. The second-order valence-corrected chi connectivity index (χ2v) is 8.56. The normalized spacial score (nSPS) is 29.4. The fourth-order valence-electron chi connectivity index (χ4n) is 5.09. The third-order valence-electron chi connectivity index (χ3n) is 6.76. The quantitative estimate of drug-likeness (QED) is 0.819. The van der Waals surface area contributed by atoms with Gasteiger partial charge >= 0.3 is 0 Å². The van der Waals surface area contributed by atoms with E-state index in [1.54, 1.807) is 0 Å². The van der Waals surface area contributed by atoms with Gasteiger partial charge in [0.05, 0.1) is 13.2 Å². The maximum Gasteiger partial charge on any atom is 0.0594 e. The van der Waals surface area contributed by atoms with E-state index < -0.39 is 0 Å². The standard InChI is InChI=1S/C22H35N3O2/c26-18-21-17-25(16-20(21)15-24-10-12-27-13-11-24)22-6-8-23(9-7-22)14-19-4-2-1-3-5-19/h1-5,20-22,26H,6-18H2/t20-,21-/m0/s1. The second-order valence-electron chi connectivity index (χ2n) is 8.56. The Morgan fingerprint density at radius 1 is 0.889 bits per heavy atom. The summed E-state index contributed by atoms with van der Waals surface area (Å²) in [5.41, 5.74) is 1.42. The number of hydrogen-bond donors (Lipinski definition) is 1. The molecule has 5 heteroatoms. The molecule has 3 heterocycles. The van der Waals surface area contributed by atoms with Crippen LogP contribution in [0.4, 0.5) is 0 Å². The lowest BCUT2D eigenvalue weighted by atomic mass is 9.96. The van der Waals surface area contributed by atoms with Gasteiger partial charge in [-0.05, 0) is 43.3 Å². The fourth-order valence-corrected chi connectivity index (χ4v) is 5.09. The summed E-state index contributed by atoms with van der Waals surface area (Å²) in [4.78, 5) is 7.81. The number of nitrogens with zero attached hydrogens (tertiary/aromatic N) is 3. The van der Waals surface area contributed by atoms with Crippen LogP contribution in [0.5, 0.6) is 0 Å². The SMILES string of the molecule is OC[C@@H]1CN(C2CCN(Cc3ccccc3)CC2)C[C@@H]1CN1CCOCC1. The third kappa shape index (κ3) is 5.09. The summed E-state index contributed by atoms with van der Waals surface area (Å²) in [7, 11) is 0. The number of rotatable bonds is 6. The Bertz CT molecular complexity index is 556. The lowest BCUT2D eigenvalue weighted by molar-refractivity contribution is 0.0261. The van der Waals surface area contributed by atoms with Crippen molar-refractivity contribution in [3.05, 3.63) is 35.9 Å². The molecule has 150 valence electrons. The highest BCUT2D eigenvalue weighted by Crippen LogP contribution is 2.29. The number of ether oxygens (including phenoxy) is 1. The minimum atomic E-state index is 0.332. The van der Waals surface area contributed by atoms with Crippen molar-refractivity contribution in [1.82, 2.24) is 14.7 Å². The zero-order valence-corrected chi connectivity index (χ0v) is 16.5. The average molecular weight is 374 g/mol. The Morgan fingerprint density at radius 3 is 2.30 bits per heavy atom. The predicted molar refractivity (Wildman–Crippen MR) is 108 cm³/mol. The number of benzene rings is 1. The number of piperidine rings is 1. The molecule has 3 saturated heterocycles. The van der Waals surface area contributed by atoms with Crippen molar-refractivity contribution in [2.75, 3.05) is 65.6 Å². The van der Waals surface area contributed by atoms with Gasteiger partial charge in [-0.15, -0.1) is 0 Å². The molecule has 1 N–H and O–H groups in total. The van der Waals surface area contributed by atoms with Gasteiger partial charge < -0.3 is 9.84 Å². The average Bonchev–Trinajstić information content (AvgIpc) is 3.13. The Hall–Kier alpha value is -0.980. The molecule has 0 unspecified atom stereocenters. The topological polar surface area (TPSA) is 39.2 Å². The van der Waals surface area contributed by atoms with Crippen molar-refractivity contribution in [3.8, 4) is 0 Å². The number of aliphatic hydroxyl groups excluding tert-OH is 1. The lowest BCUT2D eigenvalue weighted by Crippen LogP contribution is -2.44. The maximum atomic E-state index is 9.91. The fraction of sp³-hybridized carbons (Fsp3) is 0.727. The molecule has 3 fully saturated rings. The number of morpholine rings is 1. The summed E-state index contributed by atoms with van der Waals surface area (Å²) in [6, 6.07) is 11.5. The molecule has 0 radical (unpaired) electrons. The van der Waals surface area contributed by atoms with E-state index in [4.69, 9.17) is 4.74 Å². The van der Waals surface area contributed by atoms with Crippen molar-refractivity contribution < 1.29 is 9.84 Å².